The van der Waals surface area contributed by atoms with Gasteiger partial charge in [0.2, 0.25) is 5.95 Å². The van der Waals surface area contributed by atoms with Crippen LogP contribution < -0.4 is 17.0 Å². The van der Waals surface area contributed by atoms with E-state index in [1.165, 1.54) is 17.1 Å². The molecule has 6 rings (SSSR count). The molecular weight excluding hydrogens is 669 g/mol. The van der Waals surface area contributed by atoms with Gasteiger partial charge in [0.05, 0.1) is 24.7 Å². The van der Waals surface area contributed by atoms with E-state index in [1.807, 2.05) is 0 Å². The van der Waals surface area contributed by atoms with E-state index in [-0.39, 0.29) is 35.0 Å². The van der Waals surface area contributed by atoms with Gasteiger partial charge in [0.1, 0.15) is 42.2 Å². The van der Waals surface area contributed by atoms with Crippen molar-refractivity contribution in [3.05, 3.63) is 28.9 Å². The van der Waals surface area contributed by atoms with Crippen LogP contribution in [0.4, 0.5) is 16.2 Å². The third-order valence-corrected chi connectivity index (χ3v) is 9.20. The molecule has 0 bridgehead atoms. The van der Waals surface area contributed by atoms with Crippen molar-refractivity contribution >= 4 is 72.0 Å². The van der Waals surface area contributed by atoms with Crippen LogP contribution in [0.25, 0.3) is 22.2 Å². The number of anilines is 2. The fraction of sp³-hybridized carbons (Fsp3) is 0.500. The maximum atomic E-state index is 15.7. The number of nitrogens with zero attached hydrogens (tertiary/aromatic N) is 7. The largest absolute Gasteiger partial charge is 0.582 e. The van der Waals surface area contributed by atoms with Crippen molar-refractivity contribution in [3.8, 4) is 0 Å². The minimum atomic E-state index is -4.15. The monoisotopic (exact) mass is 693 g/mol. The molecule has 6 heterocycles. The number of fused-ring (bicyclic) bond motifs is 2. The molecule has 7 N–H and O–H groups in total. The first-order chi connectivity index (χ1) is 21.0. The van der Waals surface area contributed by atoms with E-state index in [2.05, 4.69) is 42.5 Å². The van der Waals surface area contributed by atoms with Gasteiger partial charge in [0, 0.05) is 12.6 Å². The SMILES string of the molecule is Nc1nc2c(nnn2C2OC(CO)CC2OP(O)(=S)OCC2OC(n3ccc4c(N)ncnc43)C(F)C2O[P+](=O)S)c(=O)[nH]1. The third-order valence-electron chi connectivity index (χ3n) is 6.91. The number of halogens is 1. The van der Waals surface area contributed by atoms with Crippen molar-refractivity contribution in [1.29, 1.82) is 0 Å². The summed E-state index contributed by atoms with van der Waals surface area (Å²) in [5, 5.41) is 17.9. The molecule has 0 aliphatic carbocycles. The summed E-state index contributed by atoms with van der Waals surface area (Å²) in [4.78, 5) is 37.6. The fourth-order valence-corrected chi connectivity index (χ4v) is 7.25. The van der Waals surface area contributed by atoms with Gasteiger partial charge in [0.25, 0.3) is 5.56 Å². The second kappa shape index (κ2) is 12.2. The lowest BCUT2D eigenvalue weighted by Gasteiger charge is -2.25. The van der Waals surface area contributed by atoms with Crippen LogP contribution >= 0.6 is 26.2 Å². The molecule has 9 unspecified atom stereocenters. The first-order valence-corrected chi connectivity index (χ1v) is 17.6. The van der Waals surface area contributed by atoms with Crippen LogP contribution in [-0.2, 0) is 39.4 Å². The third kappa shape index (κ3) is 5.95. The summed E-state index contributed by atoms with van der Waals surface area (Å²) < 4.78 is 58.2. The predicted octanol–water partition coefficient (Wildman–Crippen LogP) is 0.230. The number of ether oxygens (including phenoxy) is 2. The number of H-pyrrole nitrogens is 1. The number of nitrogens with one attached hydrogen (secondary N) is 1. The van der Waals surface area contributed by atoms with Crippen molar-refractivity contribution in [2.24, 2.45) is 0 Å². The molecule has 0 amide bonds. The number of alkyl halides is 1. The highest BCUT2D eigenvalue weighted by molar-refractivity contribution is 8.39. The van der Waals surface area contributed by atoms with Crippen LogP contribution in [0.5, 0.6) is 0 Å². The topological polar surface area (TPSA) is 263 Å². The van der Waals surface area contributed by atoms with Crippen molar-refractivity contribution < 1.29 is 42.0 Å². The van der Waals surface area contributed by atoms with Crippen LogP contribution in [0.1, 0.15) is 18.9 Å². The Balaban J connectivity index is 1.20. The first kappa shape index (κ1) is 31.2. The summed E-state index contributed by atoms with van der Waals surface area (Å²) in [6.07, 6.45) is -6.18. The standard InChI is InChI=1S/C20H23FN10O9P2S2/c21-11-13(39-41(34)43)10(38-19(11)30-2-1-8-14(22)24-6-25-15(8)30)5-36-42(35,44)40-9-3-7(4-32)37-18(9)31-16-12(28-29-31)17(33)27-20(23)26-16/h1-2,6-7,9-11,13,18-19,32H,3-5H2,(H6-,22,23,24,25,26,27,29,33,34,35,43,44)/p+1. The summed E-state index contributed by atoms with van der Waals surface area (Å²) in [7, 11) is -2.58. The number of rotatable bonds is 10. The van der Waals surface area contributed by atoms with Crippen LogP contribution in [0.3, 0.4) is 0 Å². The number of thiol groups is 1. The Kier molecular flexibility index (Phi) is 8.67. The Bertz CT molecular complexity index is 1830. The van der Waals surface area contributed by atoms with Crippen molar-refractivity contribution in [3.63, 3.8) is 0 Å². The van der Waals surface area contributed by atoms with Gasteiger partial charge in [0.15, 0.2) is 35.9 Å². The zero-order valence-corrected chi connectivity index (χ0v) is 25.6. The molecule has 0 radical (unpaired) electrons. The van der Waals surface area contributed by atoms with Gasteiger partial charge in [-0.1, -0.05) is 5.21 Å². The summed E-state index contributed by atoms with van der Waals surface area (Å²) in [5.41, 5.74) is 11.0. The Hall–Kier alpha value is -2.75. The smallest absolute Gasteiger partial charge is 0.394 e. The highest BCUT2D eigenvalue weighted by Crippen LogP contribution is 2.51. The lowest BCUT2D eigenvalue weighted by atomic mass is 10.1. The van der Waals surface area contributed by atoms with Gasteiger partial charge in [-0.25, -0.2) is 14.4 Å². The summed E-state index contributed by atoms with van der Waals surface area (Å²) >= 11 is 8.96. The van der Waals surface area contributed by atoms with E-state index in [0.29, 0.717) is 5.39 Å². The molecule has 2 aliphatic heterocycles. The lowest BCUT2D eigenvalue weighted by Crippen LogP contribution is -2.32. The minimum Gasteiger partial charge on any atom is -0.394 e. The van der Waals surface area contributed by atoms with Crippen molar-refractivity contribution in [1.82, 2.24) is 39.5 Å². The highest BCUT2D eigenvalue weighted by atomic mass is 32.7. The maximum Gasteiger partial charge on any atom is 0.582 e. The Morgan fingerprint density at radius 2 is 2.09 bits per heavy atom. The molecule has 2 fully saturated rings. The molecule has 4 aromatic rings. The van der Waals surface area contributed by atoms with Crippen molar-refractivity contribution in [2.45, 2.75) is 49.5 Å². The normalized spacial score (nSPS) is 29.0. The number of aliphatic hydroxyl groups excluding tert-OH is 1. The van der Waals surface area contributed by atoms with Gasteiger partial charge in [-0.05, 0) is 22.4 Å². The summed E-state index contributed by atoms with van der Waals surface area (Å²) in [5.74, 6) is -0.0330. The Labute approximate surface area is 256 Å². The van der Waals surface area contributed by atoms with E-state index in [4.69, 9.17) is 46.3 Å². The van der Waals surface area contributed by atoms with Gasteiger partial charge in [-0.2, -0.15) is 9.67 Å². The minimum absolute atomic E-state index is 0.0234. The Morgan fingerprint density at radius 1 is 1.30 bits per heavy atom. The van der Waals surface area contributed by atoms with Crippen LogP contribution in [0, 0.1) is 0 Å². The van der Waals surface area contributed by atoms with E-state index in [0.717, 1.165) is 4.68 Å². The molecule has 44 heavy (non-hydrogen) atoms. The number of hydrogen-bond donors (Lipinski definition) is 6. The number of aromatic amines is 1. The summed E-state index contributed by atoms with van der Waals surface area (Å²) in [6, 6.07) is 1.58. The molecule has 2 aliphatic rings. The quantitative estimate of drug-likeness (QED) is 0.0959. The van der Waals surface area contributed by atoms with Crippen molar-refractivity contribution in [2.75, 3.05) is 24.7 Å². The fourth-order valence-electron chi connectivity index (χ4n) is 5.02. The molecule has 2 saturated heterocycles. The number of aliphatic hydroxyl groups is 1. The number of aromatic nitrogens is 8. The molecule has 0 saturated carbocycles. The molecule has 19 nitrogen and oxygen atoms in total. The van der Waals surface area contributed by atoms with Gasteiger partial charge in [-0.3, -0.25) is 9.78 Å². The van der Waals surface area contributed by atoms with E-state index < -0.39 is 75.8 Å². The van der Waals surface area contributed by atoms with E-state index >= 15 is 4.39 Å². The lowest BCUT2D eigenvalue weighted by molar-refractivity contribution is -0.0585. The second-order valence-corrected chi connectivity index (χ2v) is 14.1. The number of nitrogens with two attached hydrogens (primary N) is 2. The van der Waals surface area contributed by atoms with E-state index in [9.17, 15) is 19.4 Å². The average molecular weight is 694 g/mol. The Morgan fingerprint density at radius 3 is 2.84 bits per heavy atom. The second-order valence-electron chi connectivity index (χ2n) is 9.67. The predicted molar refractivity (Wildman–Crippen MR) is 156 cm³/mol. The molecule has 9 atom stereocenters. The molecule has 4 aromatic heterocycles. The van der Waals surface area contributed by atoms with Crippen LogP contribution in [0.15, 0.2) is 23.4 Å². The molecule has 236 valence electrons. The number of hydrogen-bond acceptors (Lipinski definition) is 16. The molecule has 0 spiro atoms. The van der Waals surface area contributed by atoms with Gasteiger partial charge in [-0.15, -0.1) is 9.62 Å². The summed E-state index contributed by atoms with van der Waals surface area (Å²) in [6.45, 7) is -5.13. The van der Waals surface area contributed by atoms with Gasteiger partial charge >= 0.3 is 13.9 Å². The average Bonchev–Trinajstić information content (AvgIpc) is 3.73. The van der Waals surface area contributed by atoms with E-state index in [1.54, 1.807) is 6.07 Å². The van der Waals surface area contributed by atoms with Crippen LogP contribution in [0.2, 0.25) is 0 Å². The van der Waals surface area contributed by atoms with Crippen LogP contribution in [-0.4, -0.2) is 93.3 Å². The molecule has 24 heteroatoms. The number of nitrogen functional groups attached to an aromatic ring is 2. The zero-order valence-electron chi connectivity index (χ0n) is 22.1. The van der Waals surface area contributed by atoms with Gasteiger partial charge < -0.3 is 44.6 Å². The first-order valence-electron chi connectivity index (χ1n) is 12.7. The molecular formula is C20H24FN10O9P2S2+. The zero-order chi connectivity index (χ0) is 31.3. The highest BCUT2D eigenvalue weighted by Gasteiger charge is 2.52. The maximum absolute atomic E-state index is 15.7. The molecule has 0 aromatic carbocycles.